The van der Waals surface area contributed by atoms with Gasteiger partial charge in [0.15, 0.2) is 6.79 Å². The number of benzene rings is 3. The van der Waals surface area contributed by atoms with E-state index < -0.39 is 11.6 Å². The van der Waals surface area contributed by atoms with Gasteiger partial charge < -0.3 is 18.9 Å². The second kappa shape index (κ2) is 11.9. The summed E-state index contributed by atoms with van der Waals surface area (Å²) < 4.78 is 23.6. The Bertz CT molecular complexity index is 1060. The lowest BCUT2D eigenvalue weighted by Crippen LogP contribution is -2.26. The molecule has 0 aliphatic heterocycles. The lowest BCUT2D eigenvalue weighted by Gasteiger charge is -2.26. The summed E-state index contributed by atoms with van der Waals surface area (Å²) in [6.07, 6.45) is 1.77. The highest BCUT2D eigenvalue weighted by Crippen LogP contribution is 2.29. The molecule has 172 valence electrons. The van der Waals surface area contributed by atoms with Crippen molar-refractivity contribution < 1.29 is 23.7 Å². The quantitative estimate of drug-likeness (QED) is 0.117. The van der Waals surface area contributed by atoms with Crippen LogP contribution >= 0.6 is 22.6 Å². The molecular formula is C27H27IO5. The number of hydrogen-bond acceptors (Lipinski definition) is 5. The third kappa shape index (κ3) is 7.33. The van der Waals surface area contributed by atoms with E-state index in [1.54, 1.807) is 18.2 Å². The number of carbonyl (C=O) groups excluding carboxylic acids is 1. The molecule has 0 radical (unpaired) electrons. The predicted molar refractivity (Wildman–Crippen MR) is 138 cm³/mol. The maximum Gasteiger partial charge on any atom is 0.342 e. The van der Waals surface area contributed by atoms with E-state index in [0.29, 0.717) is 23.7 Å². The Morgan fingerprint density at radius 2 is 1.70 bits per heavy atom. The van der Waals surface area contributed by atoms with E-state index in [9.17, 15) is 4.79 Å². The third-order valence-electron chi connectivity index (χ3n) is 4.89. The van der Waals surface area contributed by atoms with Crippen molar-refractivity contribution in [2.75, 3.05) is 20.0 Å². The first-order chi connectivity index (χ1) is 15.9. The highest BCUT2D eigenvalue weighted by molar-refractivity contribution is 14.1. The molecule has 5 nitrogen and oxygen atoms in total. The summed E-state index contributed by atoms with van der Waals surface area (Å²) >= 11 is 2.16. The van der Waals surface area contributed by atoms with Gasteiger partial charge in [0.2, 0.25) is 0 Å². The number of hydrogen-bond donors (Lipinski definition) is 0. The van der Waals surface area contributed by atoms with Gasteiger partial charge >= 0.3 is 5.97 Å². The summed E-state index contributed by atoms with van der Waals surface area (Å²) in [7, 11) is 0. The van der Waals surface area contributed by atoms with E-state index in [1.165, 1.54) is 0 Å². The molecule has 0 amide bonds. The SMILES string of the molecule is C=Cc1ccc(OCOCCOc2ccc(I)cc2C(=O)OC(C)(C)c2ccccc2)cc1. The fourth-order valence-corrected chi connectivity index (χ4v) is 3.54. The van der Waals surface area contributed by atoms with Gasteiger partial charge in [0.05, 0.1) is 6.61 Å². The van der Waals surface area contributed by atoms with Crippen LogP contribution in [-0.2, 0) is 15.1 Å². The molecule has 0 aromatic heterocycles. The van der Waals surface area contributed by atoms with E-state index in [4.69, 9.17) is 18.9 Å². The number of rotatable bonds is 11. The van der Waals surface area contributed by atoms with Crippen molar-refractivity contribution in [3.05, 3.63) is 99.6 Å². The Balaban J connectivity index is 1.52. The molecule has 0 fully saturated rings. The fourth-order valence-electron chi connectivity index (χ4n) is 3.05. The van der Waals surface area contributed by atoms with Gasteiger partial charge in [-0.15, -0.1) is 0 Å². The Labute approximate surface area is 208 Å². The first-order valence-corrected chi connectivity index (χ1v) is 11.6. The largest absolute Gasteiger partial charge is 0.490 e. The smallest absolute Gasteiger partial charge is 0.342 e. The van der Waals surface area contributed by atoms with Crippen molar-refractivity contribution in [3.63, 3.8) is 0 Å². The molecule has 3 aromatic rings. The predicted octanol–water partition coefficient (Wildman–Crippen LogP) is 6.46. The van der Waals surface area contributed by atoms with Crippen molar-refractivity contribution in [3.8, 4) is 11.5 Å². The van der Waals surface area contributed by atoms with Crippen LogP contribution in [0, 0.1) is 3.57 Å². The van der Waals surface area contributed by atoms with Crippen LogP contribution in [0.15, 0.2) is 79.4 Å². The van der Waals surface area contributed by atoms with Crippen LogP contribution < -0.4 is 9.47 Å². The average molecular weight is 558 g/mol. The normalized spacial score (nSPS) is 11.0. The highest BCUT2D eigenvalue weighted by Gasteiger charge is 2.27. The molecule has 6 heteroatoms. The van der Waals surface area contributed by atoms with E-state index in [2.05, 4.69) is 29.2 Å². The van der Waals surface area contributed by atoms with Crippen molar-refractivity contribution in [1.82, 2.24) is 0 Å². The van der Waals surface area contributed by atoms with Crippen LogP contribution in [-0.4, -0.2) is 26.0 Å². The van der Waals surface area contributed by atoms with E-state index in [0.717, 1.165) is 14.7 Å². The first kappa shape index (κ1) is 24.8. The van der Waals surface area contributed by atoms with Crippen LogP contribution in [0.25, 0.3) is 6.08 Å². The van der Waals surface area contributed by atoms with Crippen LogP contribution in [0.4, 0.5) is 0 Å². The molecule has 0 heterocycles. The number of esters is 1. The second-order valence-corrected chi connectivity index (χ2v) is 8.94. The van der Waals surface area contributed by atoms with Crippen LogP contribution in [0.1, 0.15) is 35.3 Å². The minimum atomic E-state index is -0.777. The molecule has 0 N–H and O–H groups in total. The third-order valence-corrected chi connectivity index (χ3v) is 5.56. The lowest BCUT2D eigenvalue weighted by atomic mass is 9.98. The van der Waals surface area contributed by atoms with Crippen molar-refractivity contribution in [2.45, 2.75) is 19.4 Å². The summed E-state index contributed by atoms with van der Waals surface area (Å²) in [5.41, 5.74) is 1.54. The van der Waals surface area contributed by atoms with Crippen molar-refractivity contribution in [2.24, 2.45) is 0 Å². The van der Waals surface area contributed by atoms with Crippen LogP contribution in [0.3, 0.4) is 0 Å². The summed E-state index contributed by atoms with van der Waals surface area (Å²) in [6.45, 7) is 8.14. The average Bonchev–Trinajstić information content (AvgIpc) is 2.82. The standard InChI is InChI=1S/C27H27IO5/c1-4-20-10-13-23(14-11-20)32-19-30-16-17-31-25-15-12-22(28)18-24(25)26(29)33-27(2,3)21-8-6-5-7-9-21/h4-15,18H,1,16-17,19H2,2-3H3. The molecule has 0 bridgehead atoms. The van der Waals surface area contributed by atoms with Crippen molar-refractivity contribution in [1.29, 1.82) is 0 Å². The molecule has 0 unspecified atom stereocenters. The van der Waals surface area contributed by atoms with E-state index in [1.807, 2.05) is 74.5 Å². The number of halogens is 1. The maximum absolute atomic E-state index is 13.0. The van der Waals surface area contributed by atoms with Gasteiger partial charge in [-0.2, -0.15) is 0 Å². The molecule has 0 saturated heterocycles. The number of ether oxygens (including phenoxy) is 4. The highest BCUT2D eigenvalue weighted by atomic mass is 127. The Morgan fingerprint density at radius 3 is 2.39 bits per heavy atom. The van der Waals surface area contributed by atoms with Crippen LogP contribution in [0.2, 0.25) is 0 Å². The maximum atomic E-state index is 13.0. The molecule has 3 rings (SSSR count). The summed E-state index contributed by atoms with van der Waals surface area (Å²) in [5.74, 6) is 0.726. The minimum absolute atomic E-state index is 0.101. The molecule has 33 heavy (non-hydrogen) atoms. The zero-order valence-corrected chi connectivity index (χ0v) is 20.9. The molecule has 0 saturated carbocycles. The van der Waals surface area contributed by atoms with Crippen molar-refractivity contribution >= 4 is 34.6 Å². The topological polar surface area (TPSA) is 54.0 Å². The van der Waals surface area contributed by atoms with Gasteiger partial charge in [0.1, 0.15) is 29.3 Å². The van der Waals surface area contributed by atoms with E-state index >= 15 is 0 Å². The molecule has 3 aromatic carbocycles. The zero-order chi connectivity index (χ0) is 23.7. The molecular weight excluding hydrogens is 531 g/mol. The van der Waals surface area contributed by atoms with Gasteiger partial charge in [-0.25, -0.2) is 4.79 Å². The molecule has 0 atom stereocenters. The fraction of sp³-hybridized carbons (Fsp3) is 0.222. The van der Waals surface area contributed by atoms with E-state index in [-0.39, 0.29) is 13.4 Å². The molecule has 0 spiro atoms. The number of carbonyl (C=O) groups is 1. The summed E-state index contributed by atoms with van der Waals surface area (Å²) in [6, 6.07) is 22.6. The lowest BCUT2D eigenvalue weighted by molar-refractivity contribution is -0.00516. The van der Waals surface area contributed by atoms with Gasteiger partial charge in [-0.05, 0) is 77.9 Å². The molecule has 0 aliphatic rings. The Kier molecular flexibility index (Phi) is 8.91. The summed E-state index contributed by atoms with van der Waals surface area (Å²) in [4.78, 5) is 13.0. The Morgan fingerprint density at radius 1 is 0.970 bits per heavy atom. The molecule has 0 aliphatic carbocycles. The second-order valence-electron chi connectivity index (χ2n) is 7.70. The van der Waals surface area contributed by atoms with Crippen LogP contribution in [0.5, 0.6) is 11.5 Å². The first-order valence-electron chi connectivity index (χ1n) is 10.5. The monoisotopic (exact) mass is 558 g/mol. The zero-order valence-electron chi connectivity index (χ0n) is 18.8. The van der Waals surface area contributed by atoms with Gasteiger partial charge in [0, 0.05) is 3.57 Å². The van der Waals surface area contributed by atoms with Gasteiger partial charge in [-0.3, -0.25) is 0 Å². The Hall–Kier alpha value is -2.84. The van der Waals surface area contributed by atoms with Gasteiger partial charge in [-0.1, -0.05) is 55.1 Å². The summed E-state index contributed by atoms with van der Waals surface area (Å²) in [5, 5.41) is 0. The minimum Gasteiger partial charge on any atom is -0.490 e. The van der Waals surface area contributed by atoms with Gasteiger partial charge in [0.25, 0.3) is 0 Å².